The Labute approximate surface area is 122 Å². The summed E-state index contributed by atoms with van der Waals surface area (Å²) in [5.41, 5.74) is 8.07. The lowest BCUT2D eigenvalue weighted by molar-refractivity contribution is 0.484. The van der Waals surface area contributed by atoms with Crippen molar-refractivity contribution < 1.29 is 4.39 Å². The zero-order valence-corrected chi connectivity index (χ0v) is 12.5. The van der Waals surface area contributed by atoms with E-state index in [4.69, 9.17) is 10.7 Å². The first-order chi connectivity index (χ1) is 9.54. The van der Waals surface area contributed by atoms with Gasteiger partial charge in [-0.25, -0.2) is 9.37 Å². The quantitative estimate of drug-likeness (QED) is 0.938. The van der Waals surface area contributed by atoms with Gasteiger partial charge in [0.15, 0.2) is 0 Å². The van der Waals surface area contributed by atoms with Gasteiger partial charge in [-0.15, -0.1) is 11.3 Å². The molecule has 3 rings (SSSR count). The molecule has 0 radical (unpaired) electrons. The van der Waals surface area contributed by atoms with Crippen molar-refractivity contribution in [1.82, 2.24) is 4.98 Å². The summed E-state index contributed by atoms with van der Waals surface area (Å²) in [6.45, 7) is 1.99. The molecule has 0 saturated carbocycles. The average Bonchev–Trinajstić information content (AvgIpc) is 2.82. The van der Waals surface area contributed by atoms with Crippen molar-refractivity contribution >= 4 is 11.3 Å². The second-order valence-corrected chi connectivity index (χ2v) is 6.90. The average molecular weight is 290 g/mol. The standard InChI is InChI=1S/C16H19FN2S/c1-16(18,10-11-5-4-6-12(17)9-11)15-19-13-7-2-3-8-14(13)20-15/h4-6,9H,2-3,7-8,10,18H2,1H3. The van der Waals surface area contributed by atoms with Crippen LogP contribution in [0.2, 0.25) is 0 Å². The highest BCUT2D eigenvalue weighted by Gasteiger charge is 2.28. The van der Waals surface area contributed by atoms with Gasteiger partial charge in [-0.1, -0.05) is 12.1 Å². The van der Waals surface area contributed by atoms with Crippen LogP contribution in [0.5, 0.6) is 0 Å². The first-order valence-corrected chi connectivity index (χ1v) is 7.89. The number of aromatic nitrogens is 1. The lowest BCUT2D eigenvalue weighted by Gasteiger charge is -2.22. The fourth-order valence-corrected chi connectivity index (χ4v) is 3.95. The molecular weight excluding hydrogens is 271 g/mol. The van der Waals surface area contributed by atoms with Gasteiger partial charge in [0.05, 0.1) is 11.2 Å². The molecule has 0 bridgehead atoms. The predicted molar refractivity (Wildman–Crippen MR) is 80.4 cm³/mol. The van der Waals surface area contributed by atoms with E-state index in [1.807, 2.05) is 13.0 Å². The van der Waals surface area contributed by atoms with E-state index in [9.17, 15) is 4.39 Å². The normalized spacial score (nSPS) is 17.6. The van der Waals surface area contributed by atoms with Crippen molar-refractivity contribution in [3.05, 3.63) is 51.2 Å². The van der Waals surface area contributed by atoms with Crippen molar-refractivity contribution in [2.24, 2.45) is 5.73 Å². The number of rotatable bonds is 3. The minimum atomic E-state index is -0.532. The lowest BCUT2D eigenvalue weighted by atomic mass is 9.94. The van der Waals surface area contributed by atoms with Crippen LogP contribution in [-0.2, 0) is 24.8 Å². The van der Waals surface area contributed by atoms with Crippen molar-refractivity contribution in [3.63, 3.8) is 0 Å². The molecule has 0 fully saturated rings. The number of hydrogen-bond acceptors (Lipinski definition) is 3. The summed E-state index contributed by atoms with van der Waals surface area (Å²) in [5, 5.41) is 0.980. The molecule has 2 N–H and O–H groups in total. The second kappa shape index (κ2) is 5.26. The fraction of sp³-hybridized carbons (Fsp3) is 0.438. The Morgan fingerprint density at radius 1 is 1.35 bits per heavy atom. The Morgan fingerprint density at radius 2 is 2.15 bits per heavy atom. The van der Waals surface area contributed by atoms with Crippen LogP contribution in [0.3, 0.4) is 0 Å². The van der Waals surface area contributed by atoms with Crippen molar-refractivity contribution in [3.8, 4) is 0 Å². The maximum Gasteiger partial charge on any atom is 0.123 e. The summed E-state index contributed by atoms with van der Waals surface area (Å²) in [6, 6.07) is 6.66. The van der Waals surface area contributed by atoms with Gasteiger partial charge in [0, 0.05) is 4.88 Å². The molecule has 1 heterocycles. The predicted octanol–water partition coefficient (Wildman–Crippen LogP) is 3.58. The van der Waals surface area contributed by atoms with Gasteiger partial charge in [-0.3, -0.25) is 0 Å². The highest BCUT2D eigenvalue weighted by atomic mass is 32.1. The third-order valence-corrected chi connectivity index (χ3v) is 5.23. The Morgan fingerprint density at radius 3 is 2.90 bits per heavy atom. The van der Waals surface area contributed by atoms with E-state index >= 15 is 0 Å². The van der Waals surface area contributed by atoms with E-state index in [-0.39, 0.29) is 5.82 Å². The Balaban J connectivity index is 1.85. The molecule has 1 atom stereocenters. The Hall–Kier alpha value is -1.26. The van der Waals surface area contributed by atoms with Crippen LogP contribution in [0.1, 0.15) is 40.9 Å². The SMILES string of the molecule is CC(N)(Cc1cccc(F)c1)c1nc2c(s1)CCCC2. The zero-order chi connectivity index (χ0) is 14.2. The number of thiazole rings is 1. The molecular formula is C16H19FN2S. The number of hydrogen-bond donors (Lipinski definition) is 1. The third kappa shape index (κ3) is 2.76. The van der Waals surface area contributed by atoms with Gasteiger partial charge >= 0.3 is 0 Å². The van der Waals surface area contributed by atoms with E-state index in [1.54, 1.807) is 23.5 Å². The zero-order valence-electron chi connectivity index (χ0n) is 11.7. The monoisotopic (exact) mass is 290 g/mol. The molecule has 0 spiro atoms. The van der Waals surface area contributed by atoms with Crippen LogP contribution in [0.15, 0.2) is 24.3 Å². The summed E-state index contributed by atoms with van der Waals surface area (Å²) in [4.78, 5) is 6.13. The van der Waals surface area contributed by atoms with E-state index in [0.29, 0.717) is 6.42 Å². The maximum atomic E-state index is 13.3. The van der Waals surface area contributed by atoms with Crippen LogP contribution in [0, 0.1) is 5.82 Å². The molecule has 1 aromatic heterocycles. The van der Waals surface area contributed by atoms with Crippen molar-refractivity contribution in [2.45, 2.75) is 44.6 Å². The third-order valence-electron chi connectivity index (χ3n) is 3.79. The van der Waals surface area contributed by atoms with Crippen molar-refractivity contribution in [2.75, 3.05) is 0 Å². The van der Waals surface area contributed by atoms with Crippen LogP contribution in [0.25, 0.3) is 0 Å². The minimum Gasteiger partial charge on any atom is -0.319 e. The molecule has 2 nitrogen and oxygen atoms in total. The van der Waals surface area contributed by atoms with Gasteiger partial charge in [-0.2, -0.15) is 0 Å². The summed E-state index contributed by atoms with van der Waals surface area (Å²) in [5.74, 6) is -0.211. The summed E-state index contributed by atoms with van der Waals surface area (Å²) in [6.07, 6.45) is 5.28. The molecule has 20 heavy (non-hydrogen) atoms. The highest BCUT2D eigenvalue weighted by molar-refractivity contribution is 7.11. The number of aryl methyl sites for hydroxylation is 2. The Bertz CT molecular complexity index is 595. The number of nitrogens with zero attached hydrogens (tertiary/aromatic N) is 1. The smallest absolute Gasteiger partial charge is 0.123 e. The number of benzene rings is 1. The summed E-state index contributed by atoms with van der Waals surface area (Å²) < 4.78 is 13.3. The molecule has 1 aromatic carbocycles. The molecule has 0 saturated heterocycles. The van der Waals surface area contributed by atoms with Gasteiger partial charge < -0.3 is 5.73 Å². The second-order valence-electron chi connectivity index (χ2n) is 5.82. The highest BCUT2D eigenvalue weighted by Crippen LogP contribution is 2.33. The molecule has 0 aliphatic heterocycles. The Kier molecular flexibility index (Phi) is 3.61. The van der Waals surface area contributed by atoms with Crippen LogP contribution in [0.4, 0.5) is 4.39 Å². The molecule has 1 aliphatic rings. The topological polar surface area (TPSA) is 38.9 Å². The fourth-order valence-electron chi connectivity index (χ4n) is 2.74. The molecule has 1 aliphatic carbocycles. The van der Waals surface area contributed by atoms with E-state index < -0.39 is 5.54 Å². The van der Waals surface area contributed by atoms with Crippen LogP contribution in [-0.4, -0.2) is 4.98 Å². The minimum absolute atomic E-state index is 0.211. The van der Waals surface area contributed by atoms with Gasteiger partial charge in [0.1, 0.15) is 10.8 Å². The largest absolute Gasteiger partial charge is 0.319 e. The first kappa shape index (κ1) is 13.7. The molecule has 1 unspecified atom stereocenters. The van der Waals surface area contributed by atoms with Crippen LogP contribution >= 0.6 is 11.3 Å². The van der Waals surface area contributed by atoms with Gasteiger partial charge in [-0.05, 0) is 56.7 Å². The van der Waals surface area contributed by atoms with Gasteiger partial charge in [0.25, 0.3) is 0 Å². The van der Waals surface area contributed by atoms with E-state index in [0.717, 1.165) is 23.4 Å². The van der Waals surface area contributed by atoms with E-state index in [1.165, 1.54) is 29.5 Å². The van der Waals surface area contributed by atoms with E-state index in [2.05, 4.69) is 0 Å². The number of halogens is 1. The maximum absolute atomic E-state index is 13.3. The van der Waals surface area contributed by atoms with Crippen molar-refractivity contribution in [1.29, 1.82) is 0 Å². The number of fused-ring (bicyclic) bond motifs is 1. The van der Waals surface area contributed by atoms with Crippen LogP contribution < -0.4 is 5.73 Å². The molecule has 4 heteroatoms. The van der Waals surface area contributed by atoms with Gasteiger partial charge in [0.2, 0.25) is 0 Å². The molecule has 2 aromatic rings. The lowest BCUT2D eigenvalue weighted by Crippen LogP contribution is -2.35. The molecule has 0 amide bonds. The molecule has 106 valence electrons. The number of nitrogens with two attached hydrogens (primary N) is 1. The summed E-state index contributed by atoms with van der Waals surface area (Å²) >= 11 is 1.74. The first-order valence-electron chi connectivity index (χ1n) is 7.07. The summed E-state index contributed by atoms with van der Waals surface area (Å²) in [7, 11) is 0.